The molecule has 1 heterocycles. The minimum Gasteiger partial charge on any atom is -0.453 e. The van der Waals surface area contributed by atoms with E-state index in [-0.39, 0.29) is 28.2 Å². The van der Waals surface area contributed by atoms with E-state index in [1.807, 2.05) is 24.3 Å². The molecule has 37 heavy (non-hydrogen) atoms. The van der Waals surface area contributed by atoms with Gasteiger partial charge in [0.1, 0.15) is 12.0 Å². The first-order chi connectivity index (χ1) is 17.8. The fourth-order valence-electron chi connectivity index (χ4n) is 4.56. The zero-order valence-corrected chi connectivity index (χ0v) is 19.8. The number of cyclic esters (lactones) is 1. The number of carbonyl (C=O) groups excluding carboxylic acids is 5. The van der Waals surface area contributed by atoms with Gasteiger partial charge in [0.25, 0.3) is 5.91 Å². The topological polar surface area (TPSA) is 107 Å². The Bertz CT molecular complexity index is 1600. The van der Waals surface area contributed by atoms with Crippen molar-refractivity contribution in [3.8, 4) is 0 Å². The van der Waals surface area contributed by atoms with E-state index in [1.165, 1.54) is 19.1 Å². The molecule has 0 unspecified atom stereocenters. The number of nitrogens with one attached hydrogen (secondary N) is 1. The number of amides is 1. The van der Waals surface area contributed by atoms with Crippen molar-refractivity contribution in [1.82, 2.24) is 0 Å². The predicted octanol–water partition coefficient (Wildman–Crippen LogP) is 4.96. The molecule has 1 amide bonds. The van der Waals surface area contributed by atoms with E-state index >= 15 is 0 Å². The predicted molar refractivity (Wildman–Crippen MR) is 136 cm³/mol. The van der Waals surface area contributed by atoms with Gasteiger partial charge in [-0.15, -0.1) is 0 Å². The second-order valence-electron chi connectivity index (χ2n) is 8.74. The molecule has 0 fully saturated rings. The number of benzene rings is 4. The van der Waals surface area contributed by atoms with Gasteiger partial charge in [-0.2, -0.15) is 0 Å². The summed E-state index contributed by atoms with van der Waals surface area (Å²) < 4.78 is 5.49. The van der Waals surface area contributed by atoms with Gasteiger partial charge in [0.2, 0.25) is 5.78 Å². The number of anilines is 1. The Labute approximate surface area is 212 Å². The highest BCUT2D eigenvalue weighted by molar-refractivity contribution is 6.45. The molecule has 0 spiro atoms. The van der Waals surface area contributed by atoms with Crippen molar-refractivity contribution < 1.29 is 28.7 Å². The Morgan fingerprint density at radius 3 is 2.27 bits per heavy atom. The number of para-hydroxylation sites is 1. The van der Waals surface area contributed by atoms with Crippen molar-refractivity contribution in [1.29, 1.82) is 0 Å². The molecule has 7 heteroatoms. The van der Waals surface area contributed by atoms with Crippen LogP contribution in [0.4, 0.5) is 5.69 Å². The maximum atomic E-state index is 13.8. The molecule has 4 aromatic rings. The van der Waals surface area contributed by atoms with Gasteiger partial charge in [0, 0.05) is 16.7 Å². The summed E-state index contributed by atoms with van der Waals surface area (Å²) in [6, 6.07) is 25.1. The van der Waals surface area contributed by atoms with Crippen LogP contribution >= 0.6 is 0 Å². The largest absolute Gasteiger partial charge is 0.453 e. The minimum atomic E-state index is -1.63. The molecule has 0 bridgehead atoms. The summed E-state index contributed by atoms with van der Waals surface area (Å²) in [5.41, 5.74) is 1.16. The first-order valence-electron chi connectivity index (χ1n) is 11.6. The van der Waals surface area contributed by atoms with Gasteiger partial charge in [-0.1, -0.05) is 66.7 Å². The average Bonchev–Trinajstić information content (AvgIpc) is 3.24. The summed E-state index contributed by atoms with van der Waals surface area (Å²) in [5, 5.41) is 4.15. The Hall–Kier alpha value is -4.91. The van der Waals surface area contributed by atoms with Gasteiger partial charge < -0.3 is 10.1 Å². The number of fused-ring (bicyclic) bond motifs is 2. The van der Waals surface area contributed by atoms with Crippen LogP contribution in [0.2, 0.25) is 0 Å². The maximum Gasteiger partial charge on any atom is 0.339 e. The molecule has 2 atom stereocenters. The second-order valence-corrected chi connectivity index (χ2v) is 8.74. The van der Waals surface area contributed by atoms with Crippen molar-refractivity contribution in [2.24, 2.45) is 5.92 Å². The minimum absolute atomic E-state index is 0.147. The Kier molecular flexibility index (Phi) is 6.19. The van der Waals surface area contributed by atoms with Gasteiger partial charge in [-0.05, 0) is 42.0 Å². The number of hydrogen-bond acceptors (Lipinski definition) is 6. The molecular weight excluding hydrogens is 470 g/mol. The third kappa shape index (κ3) is 4.43. The van der Waals surface area contributed by atoms with Gasteiger partial charge in [0.05, 0.1) is 11.3 Å². The van der Waals surface area contributed by atoms with Crippen LogP contribution in [0.1, 0.15) is 49.7 Å². The van der Waals surface area contributed by atoms with Crippen molar-refractivity contribution in [2.75, 3.05) is 5.32 Å². The lowest BCUT2D eigenvalue weighted by Crippen LogP contribution is -2.38. The van der Waals surface area contributed by atoms with E-state index in [0.717, 1.165) is 10.8 Å². The molecule has 1 aliphatic heterocycles. The third-order valence-electron chi connectivity index (χ3n) is 6.40. The molecule has 7 nitrogen and oxygen atoms in total. The number of carbonyl (C=O) groups is 5. The molecular formula is C30H21NO6. The second kappa shape index (κ2) is 9.62. The molecule has 0 aliphatic carbocycles. The summed E-state index contributed by atoms with van der Waals surface area (Å²) in [7, 11) is 0. The van der Waals surface area contributed by atoms with Crippen LogP contribution in [0.25, 0.3) is 10.8 Å². The van der Waals surface area contributed by atoms with Gasteiger partial charge in [-0.25, -0.2) is 4.79 Å². The van der Waals surface area contributed by atoms with Crippen LogP contribution in [-0.4, -0.2) is 29.2 Å². The molecule has 5 rings (SSSR count). The lowest BCUT2D eigenvalue weighted by molar-refractivity contribution is -0.138. The SMILES string of the molecule is CC(=O)c1ccccc1NC(=O)C(=O)[C@H](C(=O)c1ccc2ccccc2c1)[C@H]1OC(=O)c2ccccc21. The van der Waals surface area contributed by atoms with E-state index in [4.69, 9.17) is 4.74 Å². The Morgan fingerprint density at radius 2 is 1.49 bits per heavy atom. The molecule has 0 aromatic heterocycles. The Balaban J connectivity index is 1.55. The van der Waals surface area contributed by atoms with Crippen LogP contribution in [-0.2, 0) is 14.3 Å². The number of Topliss-reactive ketones (excluding diaryl/α,β-unsaturated/α-hetero) is 3. The van der Waals surface area contributed by atoms with Crippen molar-refractivity contribution in [3.05, 3.63) is 113 Å². The maximum absolute atomic E-state index is 13.8. The molecule has 4 aromatic carbocycles. The molecule has 0 saturated carbocycles. The summed E-state index contributed by atoms with van der Waals surface area (Å²) >= 11 is 0. The van der Waals surface area contributed by atoms with E-state index in [0.29, 0.717) is 5.56 Å². The van der Waals surface area contributed by atoms with Crippen molar-refractivity contribution in [2.45, 2.75) is 13.0 Å². The molecule has 0 radical (unpaired) electrons. The van der Waals surface area contributed by atoms with Gasteiger partial charge in [-0.3, -0.25) is 19.2 Å². The first-order valence-corrected chi connectivity index (χ1v) is 11.6. The zero-order chi connectivity index (χ0) is 26.1. The number of rotatable bonds is 7. The fourth-order valence-corrected chi connectivity index (χ4v) is 4.56. The summed E-state index contributed by atoms with van der Waals surface area (Å²) in [6.07, 6.45) is -1.27. The lowest BCUT2D eigenvalue weighted by Gasteiger charge is -2.21. The smallest absolute Gasteiger partial charge is 0.339 e. The van der Waals surface area contributed by atoms with E-state index < -0.39 is 35.5 Å². The van der Waals surface area contributed by atoms with Crippen molar-refractivity contribution >= 4 is 45.7 Å². The van der Waals surface area contributed by atoms with Crippen LogP contribution in [0.5, 0.6) is 0 Å². The van der Waals surface area contributed by atoms with Crippen LogP contribution in [0, 0.1) is 5.92 Å². The van der Waals surface area contributed by atoms with E-state index in [2.05, 4.69) is 5.32 Å². The van der Waals surface area contributed by atoms with Gasteiger partial charge in [0.15, 0.2) is 11.6 Å². The van der Waals surface area contributed by atoms with E-state index in [1.54, 1.807) is 54.6 Å². The monoisotopic (exact) mass is 491 g/mol. The highest BCUT2D eigenvalue weighted by Crippen LogP contribution is 2.38. The number of ketones is 3. The summed E-state index contributed by atoms with van der Waals surface area (Å²) in [4.78, 5) is 65.1. The summed E-state index contributed by atoms with van der Waals surface area (Å²) in [5.74, 6) is -5.42. The molecule has 1 N–H and O–H groups in total. The zero-order valence-electron chi connectivity index (χ0n) is 19.8. The fraction of sp³-hybridized carbons (Fsp3) is 0.100. The molecule has 1 aliphatic rings. The van der Waals surface area contributed by atoms with Gasteiger partial charge >= 0.3 is 5.97 Å². The molecule has 0 saturated heterocycles. The highest BCUT2D eigenvalue weighted by Gasteiger charge is 2.46. The normalized spacial score (nSPS) is 14.9. The van der Waals surface area contributed by atoms with Crippen molar-refractivity contribution in [3.63, 3.8) is 0 Å². The van der Waals surface area contributed by atoms with Crippen LogP contribution in [0.3, 0.4) is 0 Å². The standard InChI is InChI=1S/C30H21NO6/c1-17(32)21-10-6-7-13-24(21)31-29(35)27(34)25(28-22-11-4-5-12-23(22)30(36)37-28)26(33)20-15-14-18-8-2-3-9-19(18)16-20/h2-16,25,28H,1H3,(H,31,35)/t25-,28-/m0/s1. The number of esters is 1. The van der Waals surface area contributed by atoms with E-state index in [9.17, 15) is 24.0 Å². The summed E-state index contributed by atoms with van der Waals surface area (Å²) in [6.45, 7) is 1.34. The van der Waals surface area contributed by atoms with Crippen LogP contribution in [0.15, 0.2) is 91.0 Å². The quantitative estimate of drug-likeness (QED) is 0.169. The first kappa shape index (κ1) is 23.8. The highest BCUT2D eigenvalue weighted by atomic mass is 16.5. The molecule has 182 valence electrons. The average molecular weight is 491 g/mol. The number of ether oxygens (including phenoxy) is 1. The lowest BCUT2D eigenvalue weighted by atomic mass is 9.84. The third-order valence-corrected chi connectivity index (χ3v) is 6.40. The van der Waals surface area contributed by atoms with Crippen LogP contribution < -0.4 is 5.32 Å². The number of hydrogen-bond donors (Lipinski definition) is 1. The Morgan fingerprint density at radius 1 is 0.811 bits per heavy atom.